The van der Waals surface area contributed by atoms with Crippen LogP contribution in [0.1, 0.15) is 26.7 Å². The number of hydrogen-bond acceptors (Lipinski definition) is 3. The van der Waals surface area contributed by atoms with Crippen LogP contribution in [0.3, 0.4) is 0 Å². The van der Waals surface area contributed by atoms with Crippen LogP contribution in [0.25, 0.3) is 0 Å². The summed E-state index contributed by atoms with van der Waals surface area (Å²) in [4.78, 5) is 11.8. The van der Waals surface area contributed by atoms with Crippen molar-refractivity contribution in [3.8, 4) is 5.75 Å². The summed E-state index contributed by atoms with van der Waals surface area (Å²) < 4.78 is 6.03. The molecule has 0 spiro atoms. The van der Waals surface area contributed by atoms with E-state index in [9.17, 15) is 4.79 Å². The first kappa shape index (κ1) is 16.0. The standard InChI is InChI=1S/C14H21BrN2O2/c1-10(2)16-6-4-5-14(18)17-12-7-11(15)8-13(9-12)19-3/h7-10,16H,4-6H2,1-3H3,(H,17,18). The minimum absolute atomic E-state index is 0.0192. The summed E-state index contributed by atoms with van der Waals surface area (Å²) in [7, 11) is 1.60. The van der Waals surface area contributed by atoms with E-state index < -0.39 is 0 Å². The third kappa shape index (κ3) is 6.59. The quantitative estimate of drug-likeness (QED) is 0.756. The van der Waals surface area contributed by atoms with Crippen molar-refractivity contribution in [3.05, 3.63) is 22.7 Å². The minimum Gasteiger partial charge on any atom is -0.497 e. The second kappa shape index (κ2) is 8.17. The molecule has 2 N–H and O–H groups in total. The van der Waals surface area contributed by atoms with E-state index in [0.717, 1.165) is 23.1 Å². The SMILES string of the molecule is COc1cc(Br)cc(NC(=O)CCCNC(C)C)c1. The Morgan fingerprint density at radius 2 is 2.11 bits per heavy atom. The fraction of sp³-hybridized carbons (Fsp3) is 0.500. The van der Waals surface area contributed by atoms with Crippen LogP contribution in [0, 0.1) is 0 Å². The van der Waals surface area contributed by atoms with Gasteiger partial charge < -0.3 is 15.4 Å². The Morgan fingerprint density at radius 1 is 1.37 bits per heavy atom. The van der Waals surface area contributed by atoms with Crippen LogP contribution in [0.5, 0.6) is 5.75 Å². The van der Waals surface area contributed by atoms with Crippen molar-refractivity contribution in [1.29, 1.82) is 0 Å². The predicted octanol–water partition coefficient (Wildman–Crippen LogP) is 3.17. The van der Waals surface area contributed by atoms with Crippen LogP contribution in [0.2, 0.25) is 0 Å². The molecule has 0 unspecified atom stereocenters. The highest BCUT2D eigenvalue weighted by atomic mass is 79.9. The number of methoxy groups -OCH3 is 1. The topological polar surface area (TPSA) is 50.4 Å². The fourth-order valence-electron chi connectivity index (χ4n) is 1.62. The summed E-state index contributed by atoms with van der Waals surface area (Å²) >= 11 is 3.38. The van der Waals surface area contributed by atoms with Crippen molar-refractivity contribution in [3.63, 3.8) is 0 Å². The van der Waals surface area contributed by atoms with E-state index >= 15 is 0 Å². The maximum Gasteiger partial charge on any atom is 0.224 e. The van der Waals surface area contributed by atoms with Gasteiger partial charge in [-0.3, -0.25) is 4.79 Å². The Labute approximate surface area is 123 Å². The third-order valence-electron chi connectivity index (χ3n) is 2.52. The number of ether oxygens (including phenoxy) is 1. The van der Waals surface area contributed by atoms with Gasteiger partial charge in [0.05, 0.1) is 7.11 Å². The zero-order valence-electron chi connectivity index (χ0n) is 11.6. The Hall–Kier alpha value is -1.07. The molecule has 0 aromatic heterocycles. The number of carbonyl (C=O) groups excluding carboxylic acids is 1. The normalized spacial score (nSPS) is 10.6. The van der Waals surface area contributed by atoms with Crippen LogP contribution in [0.15, 0.2) is 22.7 Å². The van der Waals surface area contributed by atoms with Gasteiger partial charge in [0.15, 0.2) is 0 Å². The van der Waals surface area contributed by atoms with Gasteiger partial charge in [0.25, 0.3) is 0 Å². The average molecular weight is 329 g/mol. The summed E-state index contributed by atoms with van der Waals surface area (Å²) in [6, 6.07) is 5.96. The van der Waals surface area contributed by atoms with E-state index in [1.54, 1.807) is 13.2 Å². The number of amides is 1. The van der Waals surface area contributed by atoms with E-state index in [0.29, 0.717) is 18.2 Å². The molecule has 1 aromatic carbocycles. The molecule has 0 heterocycles. The summed E-state index contributed by atoms with van der Waals surface area (Å²) in [5, 5.41) is 6.15. The van der Waals surface area contributed by atoms with E-state index in [1.165, 1.54) is 0 Å². The molecule has 5 heteroatoms. The third-order valence-corrected chi connectivity index (χ3v) is 2.98. The van der Waals surface area contributed by atoms with Gasteiger partial charge in [-0.25, -0.2) is 0 Å². The highest BCUT2D eigenvalue weighted by Crippen LogP contribution is 2.24. The van der Waals surface area contributed by atoms with Gasteiger partial charge in [0.2, 0.25) is 5.91 Å². The molecule has 0 saturated carbocycles. The molecular formula is C14H21BrN2O2. The smallest absolute Gasteiger partial charge is 0.224 e. The van der Waals surface area contributed by atoms with Crippen molar-refractivity contribution in [2.24, 2.45) is 0 Å². The summed E-state index contributed by atoms with van der Waals surface area (Å²) in [5.74, 6) is 0.733. The minimum atomic E-state index is 0.0192. The van der Waals surface area contributed by atoms with Gasteiger partial charge in [0.1, 0.15) is 5.75 Å². The molecule has 0 aliphatic rings. The fourth-order valence-corrected chi connectivity index (χ4v) is 2.09. The van der Waals surface area contributed by atoms with Crippen molar-refractivity contribution >= 4 is 27.5 Å². The van der Waals surface area contributed by atoms with Gasteiger partial charge in [0, 0.05) is 28.7 Å². The van der Waals surface area contributed by atoms with E-state index in [2.05, 4.69) is 40.4 Å². The lowest BCUT2D eigenvalue weighted by atomic mass is 10.2. The molecule has 0 radical (unpaired) electrons. The second-order valence-corrected chi connectivity index (χ2v) is 5.56. The van der Waals surface area contributed by atoms with Crippen LogP contribution >= 0.6 is 15.9 Å². The molecular weight excluding hydrogens is 308 g/mol. The van der Waals surface area contributed by atoms with E-state index in [4.69, 9.17) is 4.74 Å². The van der Waals surface area contributed by atoms with Crippen LogP contribution in [-0.4, -0.2) is 25.6 Å². The van der Waals surface area contributed by atoms with Gasteiger partial charge in [-0.2, -0.15) is 0 Å². The van der Waals surface area contributed by atoms with Crippen LogP contribution in [0.4, 0.5) is 5.69 Å². The van der Waals surface area contributed by atoms with E-state index in [-0.39, 0.29) is 5.91 Å². The molecule has 0 atom stereocenters. The lowest BCUT2D eigenvalue weighted by Crippen LogP contribution is -2.24. The maximum absolute atomic E-state index is 11.8. The van der Waals surface area contributed by atoms with Gasteiger partial charge in [-0.05, 0) is 25.1 Å². The Bertz CT molecular complexity index is 422. The largest absolute Gasteiger partial charge is 0.497 e. The number of halogens is 1. The Kier molecular flexibility index (Phi) is 6.87. The first-order valence-electron chi connectivity index (χ1n) is 6.39. The number of carbonyl (C=O) groups is 1. The molecule has 1 amide bonds. The van der Waals surface area contributed by atoms with Gasteiger partial charge in [-0.1, -0.05) is 29.8 Å². The molecule has 0 saturated heterocycles. The highest BCUT2D eigenvalue weighted by Gasteiger charge is 2.05. The molecule has 0 aliphatic carbocycles. The van der Waals surface area contributed by atoms with Crippen molar-refractivity contribution in [1.82, 2.24) is 5.32 Å². The zero-order valence-corrected chi connectivity index (χ0v) is 13.2. The number of rotatable bonds is 7. The van der Waals surface area contributed by atoms with E-state index in [1.807, 2.05) is 12.1 Å². The molecule has 4 nitrogen and oxygen atoms in total. The van der Waals surface area contributed by atoms with Crippen LogP contribution < -0.4 is 15.4 Å². The molecule has 1 aromatic rings. The highest BCUT2D eigenvalue weighted by molar-refractivity contribution is 9.10. The predicted molar refractivity (Wildman–Crippen MR) is 81.7 cm³/mol. The molecule has 1 rings (SSSR count). The summed E-state index contributed by atoms with van der Waals surface area (Å²) in [6.45, 7) is 5.04. The summed E-state index contributed by atoms with van der Waals surface area (Å²) in [6.07, 6.45) is 1.34. The molecule has 0 bridgehead atoms. The van der Waals surface area contributed by atoms with Crippen molar-refractivity contribution in [2.45, 2.75) is 32.7 Å². The first-order valence-corrected chi connectivity index (χ1v) is 7.18. The average Bonchev–Trinajstić information content (AvgIpc) is 2.33. The molecule has 0 fully saturated rings. The maximum atomic E-state index is 11.8. The molecule has 0 aliphatic heterocycles. The van der Waals surface area contributed by atoms with Gasteiger partial charge >= 0.3 is 0 Å². The molecule has 106 valence electrons. The Morgan fingerprint density at radius 3 is 2.74 bits per heavy atom. The van der Waals surface area contributed by atoms with Gasteiger partial charge in [-0.15, -0.1) is 0 Å². The number of nitrogens with one attached hydrogen (secondary N) is 2. The number of anilines is 1. The van der Waals surface area contributed by atoms with Crippen LogP contribution in [-0.2, 0) is 4.79 Å². The lowest BCUT2D eigenvalue weighted by molar-refractivity contribution is -0.116. The zero-order chi connectivity index (χ0) is 14.3. The monoisotopic (exact) mass is 328 g/mol. The molecule has 19 heavy (non-hydrogen) atoms. The second-order valence-electron chi connectivity index (χ2n) is 4.64. The Balaban J connectivity index is 2.41. The van der Waals surface area contributed by atoms with Crippen molar-refractivity contribution < 1.29 is 9.53 Å². The summed E-state index contributed by atoms with van der Waals surface area (Å²) in [5.41, 5.74) is 0.744. The number of benzene rings is 1. The number of hydrogen-bond donors (Lipinski definition) is 2. The van der Waals surface area contributed by atoms with Crippen molar-refractivity contribution in [2.75, 3.05) is 19.0 Å². The first-order chi connectivity index (χ1) is 9.01. The lowest BCUT2D eigenvalue weighted by Gasteiger charge is -2.09.